The Kier molecular flexibility index (Phi) is 13.7. The van der Waals surface area contributed by atoms with E-state index in [4.69, 9.17) is 18.9 Å². The number of esters is 2. The standard InChI is InChI=1S/C36H40BrN2O10P/c1-4-50(45,5-2)31(33(43)48-23-26-17-11-7-12-18-26)39-34(44)36(46-3,35(39)49-24-28(40)21-37)38-30(41)29(27-19-13-8-14-20-27)32(42)47-22-25-15-9-6-10-16-25/h6-20,29,31,35H,4-5,21-24H2,1-3H3,(H,38,41)/t29?,31?,35-,36+/m0/s1. The molecule has 2 unspecified atom stereocenters. The van der Waals surface area contributed by atoms with Crippen LogP contribution < -0.4 is 5.32 Å². The van der Waals surface area contributed by atoms with Gasteiger partial charge in [-0.25, -0.2) is 4.79 Å². The summed E-state index contributed by atoms with van der Waals surface area (Å²) in [6, 6.07) is 25.8. The molecule has 1 aliphatic rings. The van der Waals surface area contributed by atoms with Gasteiger partial charge in [0.25, 0.3) is 11.6 Å². The van der Waals surface area contributed by atoms with Gasteiger partial charge >= 0.3 is 11.9 Å². The molecule has 12 nitrogen and oxygen atoms in total. The number of alkyl halides is 1. The van der Waals surface area contributed by atoms with Crippen molar-refractivity contribution in [3.05, 3.63) is 108 Å². The van der Waals surface area contributed by atoms with Crippen LogP contribution in [0.25, 0.3) is 0 Å². The van der Waals surface area contributed by atoms with Gasteiger partial charge in [0.15, 0.2) is 23.7 Å². The van der Waals surface area contributed by atoms with Gasteiger partial charge in [-0.15, -0.1) is 0 Å². The number of benzene rings is 3. The number of rotatable bonds is 18. The lowest BCUT2D eigenvalue weighted by Crippen LogP contribution is -2.84. The summed E-state index contributed by atoms with van der Waals surface area (Å²) < 4.78 is 36.9. The average molecular weight is 772 g/mol. The molecule has 2 amide bonds. The lowest BCUT2D eigenvalue weighted by molar-refractivity contribution is -0.263. The van der Waals surface area contributed by atoms with Gasteiger partial charge in [-0.05, 0) is 16.7 Å². The minimum absolute atomic E-state index is 0.0289. The highest BCUT2D eigenvalue weighted by molar-refractivity contribution is 9.09. The molecule has 1 aliphatic heterocycles. The monoisotopic (exact) mass is 770 g/mol. The van der Waals surface area contributed by atoms with E-state index in [1.54, 1.807) is 98.8 Å². The van der Waals surface area contributed by atoms with Gasteiger partial charge in [-0.2, -0.15) is 0 Å². The predicted molar refractivity (Wildman–Crippen MR) is 187 cm³/mol. The molecular formula is C36H40BrN2O10P. The predicted octanol–water partition coefficient (Wildman–Crippen LogP) is 4.59. The van der Waals surface area contributed by atoms with Crippen molar-refractivity contribution in [2.75, 3.05) is 31.4 Å². The number of halogens is 1. The van der Waals surface area contributed by atoms with Gasteiger partial charge < -0.3 is 28.8 Å². The SMILES string of the molecule is CCP(=O)(CC)C(C(=O)OCc1ccccc1)N1C(=O)[C@@](NC(=O)C(C(=O)OCc2ccccc2)c2ccccc2)(OC)[C@@H]1OCC(=O)CBr. The van der Waals surface area contributed by atoms with Crippen LogP contribution in [0.4, 0.5) is 0 Å². The Morgan fingerprint density at radius 1 is 0.840 bits per heavy atom. The van der Waals surface area contributed by atoms with Gasteiger partial charge in [0.2, 0.25) is 5.91 Å². The summed E-state index contributed by atoms with van der Waals surface area (Å²) in [6.07, 6.45) is -1.56. The molecule has 1 saturated heterocycles. The lowest BCUT2D eigenvalue weighted by Gasteiger charge is -2.56. The van der Waals surface area contributed by atoms with Crippen molar-refractivity contribution in [2.24, 2.45) is 0 Å². The number of nitrogens with zero attached hydrogens (tertiary/aromatic N) is 1. The van der Waals surface area contributed by atoms with Crippen molar-refractivity contribution in [2.45, 2.75) is 50.7 Å². The molecule has 1 N–H and O–H groups in total. The van der Waals surface area contributed by atoms with E-state index >= 15 is 0 Å². The molecule has 0 aromatic heterocycles. The Hall–Kier alpha value is -4.16. The summed E-state index contributed by atoms with van der Waals surface area (Å²) in [5, 5.41) is 2.44. The molecule has 3 aromatic carbocycles. The highest BCUT2D eigenvalue weighted by atomic mass is 79.9. The number of hydrogen-bond donors (Lipinski definition) is 1. The van der Waals surface area contributed by atoms with Crippen molar-refractivity contribution >= 4 is 52.6 Å². The normalized spacial score (nSPS) is 18.4. The number of methoxy groups -OCH3 is 1. The third-order valence-corrected chi connectivity index (χ3v) is 12.5. The first-order valence-corrected chi connectivity index (χ1v) is 19.2. The van der Waals surface area contributed by atoms with Crippen LogP contribution in [0, 0.1) is 0 Å². The Labute approximate surface area is 299 Å². The summed E-state index contributed by atoms with van der Waals surface area (Å²) in [4.78, 5) is 69.0. The summed E-state index contributed by atoms with van der Waals surface area (Å²) in [5.74, 6) is -7.40. The zero-order valence-electron chi connectivity index (χ0n) is 28.0. The van der Waals surface area contributed by atoms with E-state index in [1.165, 1.54) is 0 Å². The van der Waals surface area contributed by atoms with Crippen LogP contribution in [0.3, 0.4) is 0 Å². The highest BCUT2D eigenvalue weighted by Gasteiger charge is 2.69. The Bertz CT molecular complexity index is 1690. The number of carbonyl (C=O) groups excluding carboxylic acids is 5. The molecule has 0 bridgehead atoms. The van der Waals surface area contributed by atoms with Crippen molar-refractivity contribution in [3.8, 4) is 0 Å². The van der Waals surface area contributed by atoms with E-state index in [2.05, 4.69) is 21.2 Å². The van der Waals surface area contributed by atoms with Crippen LogP contribution in [0.5, 0.6) is 0 Å². The first-order chi connectivity index (χ1) is 24.0. The van der Waals surface area contributed by atoms with Gasteiger partial charge in [-0.1, -0.05) is 121 Å². The molecule has 0 radical (unpaired) electrons. The first kappa shape index (κ1) is 38.6. The fraction of sp³-hybridized carbons (Fsp3) is 0.361. The van der Waals surface area contributed by atoms with E-state index in [9.17, 15) is 28.5 Å². The van der Waals surface area contributed by atoms with Gasteiger partial charge in [0.1, 0.15) is 27.0 Å². The fourth-order valence-electron chi connectivity index (χ4n) is 5.55. The van der Waals surface area contributed by atoms with E-state index in [-0.39, 0.29) is 36.4 Å². The number of hydrogen-bond acceptors (Lipinski definition) is 10. The second kappa shape index (κ2) is 17.7. The zero-order chi connectivity index (χ0) is 36.3. The first-order valence-electron chi connectivity index (χ1n) is 16.0. The molecular weight excluding hydrogens is 731 g/mol. The minimum atomic E-state index is -3.53. The quantitative estimate of drug-likeness (QED) is 0.0485. The summed E-state index contributed by atoms with van der Waals surface area (Å²) >= 11 is 3.08. The van der Waals surface area contributed by atoms with Crippen LogP contribution >= 0.6 is 23.1 Å². The van der Waals surface area contributed by atoms with Crippen molar-refractivity contribution in [1.29, 1.82) is 0 Å². The van der Waals surface area contributed by atoms with E-state index in [1.807, 2.05) is 6.07 Å². The zero-order valence-corrected chi connectivity index (χ0v) is 30.5. The van der Waals surface area contributed by atoms with Gasteiger partial charge in [0, 0.05) is 19.4 Å². The number of Topliss-reactive ketones (excluding diaryl/α,β-unsaturated/α-hetero) is 1. The number of likely N-dealkylation sites (tertiary alicyclic amines) is 1. The Morgan fingerprint density at radius 3 is 1.82 bits per heavy atom. The number of β-lactam (4-membered cyclic amide) rings is 1. The highest BCUT2D eigenvalue weighted by Crippen LogP contribution is 2.55. The maximum atomic E-state index is 14.3. The van der Waals surface area contributed by atoms with Gasteiger partial charge in [-0.3, -0.25) is 24.1 Å². The van der Waals surface area contributed by atoms with E-state index < -0.39 is 66.9 Å². The molecule has 0 spiro atoms. The molecule has 3 aromatic rings. The third kappa shape index (κ3) is 8.58. The maximum absolute atomic E-state index is 14.3. The molecule has 4 atom stereocenters. The number of nitrogens with one attached hydrogen (secondary N) is 1. The van der Waals surface area contributed by atoms with Crippen LogP contribution in [-0.2, 0) is 60.7 Å². The number of amides is 2. The fourth-order valence-corrected chi connectivity index (χ4v) is 7.99. The number of carbonyl (C=O) groups is 5. The minimum Gasteiger partial charge on any atom is -0.460 e. The second-order valence-electron chi connectivity index (χ2n) is 11.5. The lowest BCUT2D eigenvalue weighted by atomic mass is 9.94. The van der Waals surface area contributed by atoms with Crippen LogP contribution in [0.2, 0.25) is 0 Å². The summed E-state index contributed by atoms with van der Waals surface area (Å²) in [7, 11) is -2.40. The molecule has 14 heteroatoms. The molecule has 0 aliphatic carbocycles. The van der Waals surface area contributed by atoms with E-state index in [0.29, 0.717) is 11.1 Å². The second-order valence-corrected chi connectivity index (χ2v) is 15.7. The molecule has 4 rings (SSSR count). The topological polar surface area (TPSA) is 155 Å². The molecule has 1 heterocycles. The summed E-state index contributed by atoms with van der Waals surface area (Å²) in [6.45, 7) is 2.43. The molecule has 1 fully saturated rings. The van der Waals surface area contributed by atoms with Crippen molar-refractivity contribution in [1.82, 2.24) is 10.2 Å². The molecule has 0 saturated carbocycles. The molecule has 266 valence electrons. The Morgan fingerprint density at radius 2 is 1.34 bits per heavy atom. The third-order valence-electron chi connectivity index (χ3n) is 8.40. The number of ketones is 1. The molecule has 50 heavy (non-hydrogen) atoms. The van der Waals surface area contributed by atoms with Gasteiger partial charge in [0.05, 0.1) is 5.33 Å². The van der Waals surface area contributed by atoms with E-state index in [0.717, 1.165) is 12.0 Å². The average Bonchev–Trinajstić information content (AvgIpc) is 3.15. The smallest absolute Gasteiger partial charge is 0.337 e. The van der Waals surface area contributed by atoms with Crippen LogP contribution in [-0.4, -0.2) is 83.5 Å². The number of ether oxygens (including phenoxy) is 4. The van der Waals surface area contributed by atoms with Crippen LogP contribution in [0.1, 0.15) is 36.5 Å². The maximum Gasteiger partial charge on any atom is 0.337 e. The largest absolute Gasteiger partial charge is 0.460 e. The summed E-state index contributed by atoms with van der Waals surface area (Å²) in [5.41, 5.74) is -0.690. The van der Waals surface area contributed by atoms with Crippen molar-refractivity contribution in [3.63, 3.8) is 0 Å². The van der Waals surface area contributed by atoms with Crippen LogP contribution in [0.15, 0.2) is 91.0 Å². The van der Waals surface area contributed by atoms with Crippen molar-refractivity contribution < 1.29 is 47.5 Å². The Balaban J connectivity index is 1.69.